The standard InChI is InChI=1S/C26H20N6O3S/c1-35-20-3-2-10-28-22(20)23(24(33)31-26-29-11-12-36-26)32-15-18-8-6-16(13-19(18)25(32)34)4-5-17-7-9-21(27)30-14-17/h2-3,6-14,23H,15H2,1H3,(H2,27,30)(H,29,31,33)/t23-/m1/s1. The van der Waals surface area contributed by atoms with Gasteiger partial charge < -0.3 is 15.4 Å². The van der Waals surface area contributed by atoms with Gasteiger partial charge in [-0.25, -0.2) is 9.97 Å². The molecule has 4 aromatic rings. The molecule has 0 aliphatic carbocycles. The average molecular weight is 497 g/mol. The maximum atomic E-state index is 13.6. The summed E-state index contributed by atoms with van der Waals surface area (Å²) in [6.45, 7) is 0.236. The van der Waals surface area contributed by atoms with Crippen molar-refractivity contribution in [3.8, 4) is 17.6 Å². The zero-order valence-electron chi connectivity index (χ0n) is 19.1. The number of nitrogens with two attached hydrogens (primary N) is 1. The molecule has 5 rings (SSSR count). The first kappa shape index (κ1) is 23.0. The number of nitrogens with one attached hydrogen (secondary N) is 1. The summed E-state index contributed by atoms with van der Waals surface area (Å²) in [6.07, 6.45) is 4.75. The lowest BCUT2D eigenvalue weighted by atomic mass is 10.1. The van der Waals surface area contributed by atoms with Crippen LogP contribution in [0.4, 0.5) is 10.9 Å². The van der Waals surface area contributed by atoms with Crippen LogP contribution in [0.2, 0.25) is 0 Å². The lowest BCUT2D eigenvalue weighted by Gasteiger charge is -2.27. The Hall–Kier alpha value is -4.75. The number of aromatic nitrogens is 3. The van der Waals surface area contributed by atoms with E-state index in [9.17, 15) is 9.59 Å². The van der Waals surface area contributed by atoms with Gasteiger partial charge in [0.2, 0.25) is 0 Å². The number of carbonyl (C=O) groups excluding carboxylic acids is 2. The summed E-state index contributed by atoms with van der Waals surface area (Å²) < 4.78 is 5.46. The number of fused-ring (bicyclic) bond motifs is 1. The molecule has 0 fully saturated rings. The van der Waals surface area contributed by atoms with E-state index in [4.69, 9.17) is 10.5 Å². The summed E-state index contributed by atoms with van der Waals surface area (Å²) in [7, 11) is 1.50. The molecular formula is C26H20N6O3S. The largest absolute Gasteiger partial charge is 0.495 e. The predicted octanol–water partition coefficient (Wildman–Crippen LogP) is 3.26. The van der Waals surface area contributed by atoms with Crippen LogP contribution in [0, 0.1) is 11.8 Å². The number of thiazole rings is 1. The van der Waals surface area contributed by atoms with Gasteiger partial charge in [0.1, 0.15) is 17.3 Å². The Morgan fingerprint density at radius 2 is 1.97 bits per heavy atom. The van der Waals surface area contributed by atoms with E-state index < -0.39 is 11.9 Å². The van der Waals surface area contributed by atoms with Crippen LogP contribution in [0.5, 0.6) is 5.75 Å². The number of hydrogen-bond donors (Lipinski definition) is 2. The van der Waals surface area contributed by atoms with Crippen molar-refractivity contribution in [3.05, 3.63) is 94.4 Å². The highest BCUT2D eigenvalue weighted by Crippen LogP contribution is 2.35. The number of rotatable bonds is 5. The van der Waals surface area contributed by atoms with E-state index in [1.807, 2.05) is 12.1 Å². The summed E-state index contributed by atoms with van der Waals surface area (Å²) in [4.78, 5) is 41.1. The number of pyridine rings is 2. The van der Waals surface area contributed by atoms with Crippen molar-refractivity contribution >= 4 is 34.1 Å². The van der Waals surface area contributed by atoms with Gasteiger partial charge in [-0.15, -0.1) is 11.3 Å². The topological polar surface area (TPSA) is 123 Å². The Kier molecular flexibility index (Phi) is 6.30. The van der Waals surface area contributed by atoms with Crippen LogP contribution in [-0.2, 0) is 11.3 Å². The van der Waals surface area contributed by atoms with E-state index in [-0.39, 0.29) is 12.5 Å². The van der Waals surface area contributed by atoms with Crippen LogP contribution < -0.4 is 15.8 Å². The number of ether oxygens (including phenoxy) is 1. The lowest BCUT2D eigenvalue weighted by Crippen LogP contribution is -2.38. The summed E-state index contributed by atoms with van der Waals surface area (Å²) in [5.74, 6) is 6.18. The van der Waals surface area contributed by atoms with Crippen LogP contribution in [0.15, 0.2) is 66.4 Å². The first-order valence-corrected chi connectivity index (χ1v) is 11.8. The number of nitrogens with zero attached hydrogens (tertiary/aromatic N) is 4. The second-order valence-electron chi connectivity index (χ2n) is 7.85. The highest BCUT2D eigenvalue weighted by molar-refractivity contribution is 7.13. The number of carbonyl (C=O) groups is 2. The van der Waals surface area contributed by atoms with Crippen molar-refractivity contribution in [1.29, 1.82) is 0 Å². The Balaban J connectivity index is 1.47. The van der Waals surface area contributed by atoms with E-state index in [1.54, 1.807) is 54.3 Å². The zero-order chi connectivity index (χ0) is 25.1. The third kappa shape index (κ3) is 4.60. The van der Waals surface area contributed by atoms with Gasteiger partial charge in [-0.05, 0) is 42.0 Å². The number of methoxy groups -OCH3 is 1. The maximum Gasteiger partial charge on any atom is 0.255 e. The normalized spacial score (nSPS) is 12.9. The van der Waals surface area contributed by atoms with Gasteiger partial charge in [-0.1, -0.05) is 17.9 Å². The fourth-order valence-corrected chi connectivity index (χ4v) is 4.42. The van der Waals surface area contributed by atoms with E-state index in [0.29, 0.717) is 39.1 Å². The minimum Gasteiger partial charge on any atom is -0.495 e. The Labute approximate surface area is 211 Å². The van der Waals surface area contributed by atoms with Gasteiger partial charge in [-0.3, -0.25) is 19.9 Å². The van der Waals surface area contributed by atoms with Crippen LogP contribution in [0.1, 0.15) is 38.8 Å². The monoisotopic (exact) mass is 496 g/mol. The molecule has 0 saturated carbocycles. The highest BCUT2D eigenvalue weighted by Gasteiger charge is 2.40. The molecule has 0 spiro atoms. The molecule has 36 heavy (non-hydrogen) atoms. The summed E-state index contributed by atoms with van der Waals surface area (Å²) in [5, 5.41) is 4.98. The molecular weight excluding hydrogens is 476 g/mol. The van der Waals surface area contributed by atoms with Crippen LogP contribution >= 0.6 is 11.3 Å². The van der Waals surface area contributed by atoms with Crippen LogP contribution in [-0.4, -0.2) is 38.8 Å². The van der Waals surface area contributed by atoms with Crippen molar-refractivity contribution in [2.24, 2.45) is 0 Å². The van der Waals surface area contributed by atoms with Crippen molar-refractivity contribution in [3.63, 3.8) is 0 Å². The first-order chi connectivity index (χ1) is 17.5. The van der Waals surface area contributed by atoms with Gasteiger partial charge in [-0.2, -0.15) is 0 Å². The third-order valence-corrected chi connectivity index (χ3v) is 6.27. The van der Waals surface area contributed by atoms with Crippen molar-refractivity contribution in [2.45, 2.75) is 12.6 Å². The predicted molar refractivity (Wildman–Crippen MR) is 135 cm³/mol. The van der Waals surface area contributed by atoms with Crippen LogP contribution in [0.3, 0.4) is 0 Å². The van der Waals surface area contributed by atoms with E-state index in [1.165, 1.54) is 23.3 Å². The van der Waals surface area contributed by atoms with Gasteiger partial charge in [0.25, 0.3) is 11.8 Å². The van der Waals surface area contributed by atoms with Crippen molar-refractivity contribution < 1.29 is 14.3 Å². The number of benzene rings is 1. The summed E-state index contributed by atoms with van der Waals surface area (Å²) in [6, 6.07) is 11.3. The molecule has 0 bridgehead atoms. The molecule has 0 radical (unpaired) electrons. The van der Waals surface area contributed by atoms with Gasteiger partial charge >= 0.3 is 0 Å². The summed E-state index contributed by atoms with van der Waals surface area (Å²) in [5.41, 5.74) is 8.61. The summed E-state index contributed by atoms with van der Waals surface area (Å²) >= 11 is 1.29. The fourth-order valence-electron chi connectivity index (χ4n) is 3.89. The molecule has 0 unspecified atom stereocenters. The fraction of sp³-hybridized carbons (Fsp3) is 0.115. The SMILES string of the molecule is COc1cccnc1[C@H](C(=O)Nc1nccs1)N1Cc2ccc(C#Cc3ccc(N)nc3)cc2C1=O. The van der Waals surface area contributed by atoms with Gasteiger partial charge in [0, 0.05) is 47.2 Å². The molecule has 1 aliphatic heterocycles. The minimum atomic E-state index is -1.03. The quantitative estimate of drug-likeness (QED) is 0.407. The van der Waals surface area contributed by atoms with Crippen LogP contribution in [0.25, 0.3) is 0 Å². The second-order valence-corrected chi connectivity index (χ2v) is 8.74. The van der Waals surface area contributed by atoms with E-state index in [0.717, 1.165) is 5.56 Å². The van der Waals surface area contributed by atoms with Crippen molar-refractivity contribution in [2.75, 3.05) is 18.2 Å². The Morgan fingerprint density at radius 1 is 1.14 bits per heavy atom. The molecule has 1 atom stereocenters. The first-order valence-electron chi connectivity index (χ1n) is 10.9. The zero-order valence-corrected chi connectivity index (χ0v) is 20.0. The smallest absolute Gasteiger partial charge is 0.255 e. The second kappa shape index (κ2) is 9.85. The van der Waals surface area contributed by atoms with Crippen molar-refractivity contribution in [1.82, 2.24) is 19.9 Å². The molecule has 178 valence electrons. The molecule has 3 aromatic heterocycles. The Morgan fingerprint density at radius 3 is 2.72 bits per heavy atom. The number of hydrogen-bond acceptors (Lipinski definition) is 8. The number of anilines is 2. The molecule has 9 nitrogen and oxygen atoms in total. The molecule has 3 N–H and O–H groups in total. The molecule has 0 saturated heterocycles. The van der Waals surface area contributed by atoms with Gasteiger partial charge in [0.05, 0.1) is 7.11 Å². The van der Waals surface area contributed by atoms with E-state index >= 15 is 0 Å². The van der Waals surface area contributed by atoms with E-state index in [2.05, 4.69) is 32.1 Å². The lowest BCUT2D eigenvalue weighted by molar-refractivity contribution is -0.121. The molecule has 1 aliphatic rings. The maximum absolute atomic E-state index is 13.6. The number of amides is 2. The minimum absolute atomic E-state index is 0.236. The average Bonchev–Trinajstić information content (AvgIpc) is 3.52. The van der Waals surface area contributed by atoms with Gasteiger partial charge in [0.15, 0.2) is 11.2 Å². The molecule has 1 aromatic carbocycles. The molecule has 2 amide bonds. The third-order valence-electron chi connectivity index (χ3n) is 5.58. The number of nitrogen functional groups attached to an aromatic ring is 1. The molecule has 4 heterocycles. The highest BCUT2D eigenvalue weighted by atomic mass is 32.1. The Bertz CT molecular complexity index is 1490. The molecule has 10 heteroatoms.